The SMILES string of the molecule is COc1cccc(CCNC(=O)[C@H](CC(F)F)NC(=O)[C@@H]2[C@@H]3[C@H](CN2C(=O)[C@@H](NC(=O)N[C@H](CN(C)S(C)(=O)=O)C(C)(C)C)C(C)(C)C)C3(C)C)c1OC. The molecule has 0 bridgehead atoms. The molecule has 4 N–H and O–H groups in total. The Morgan fingerprint density at radius 3 is 2.15 bits per heavy atom. The zero-order valence-corrected chi connectivity index (χ0v) is 34.5. The monoisotopic (exact) mass is 786 g/mol. The number of nitrogens with zero attached hydrogens (tertiary/aromatic N) is 2. The molecular formula is C37H60F2N6O8S. The lowest BCUT2D eigenvalue weighted by Crippen LogP contribution is -2.62. The van der Waals surface area contributed by atoms with E-state index < -0.39 is 81.6 Å². The van der Waals surface area contributed by atoms with Gasteiger partial charge in [0.25, 0.3) is 0 Å². The Morgan fingerprint density at radius 1 is 1.00 bits per heavy atom. The predicted octanol–water partition coefficient (Wildman–Crippen LogP) is 3.01. The summed E-state index contributed by atoms with van der Waals surface area (Å²) in [7, 11) is 0.847. The number of carbonyl (C=O) groups is 4. The summed E-state index contributed by atoms with van der Waals surface area (Å²) in [6.07, 6.45) is -2.48. The number of benzene rings is 1. The standard InChI is InChI=1S/C37H60F2N6O8S/c1-35(2,3)25(20-44(9)54(12,50)51)42-34(49)43-30(36(4,5)6)33(48)45-19-22-27(37(22,7)8)28(45)32(47)41-23(18-26(38)39)31(46)40-17-16-21-14-13-15-24(52-10)29(21)53-11/h13-15,22-23,25-28,30H,16-20H2,1-12H3,(H,40,46)(H,41,47)(H2,42,43,49)/t22-,23-,25+,27-,28-,30+/m0/s1. The van der Waals surface area contributed by atoms with Gasteiger partial charge in [0.05, 0.1) is 20.5 Å². The minimum Gasteiger partial charge on any atom is -0.493 e. The van der Waals surface area contributed by atoms with E-state index in [1.807, 2.05) is 34.6 Å². The number of hydrogen-bond donors (Lipinski definition) is 4. The summed E-state index contributed by atoms with van der Waals surface area (Å²) in [5.41, 5.74) is -1.02. The van der Waals surface area contributed by atoms with Crippen molar-refractivity contribution in [2.24, 2.45) is 28.1 Å². The molecule has 5 amide bonds. The van der Waals surface area contributed by atoms with Crippen LogP contribution in [0.2, 0.25) is 0 Å². The van der Waals surface area contributed by atoms with Crippen LogP contribution in [0.15, 0.2) is 18.2 Å². The summed E-state index contributed by atoms with van der Waals surface area (Å²) in [5, 5.41) is 10.8. The van der Waals surface area contributed by atoms with Gasteiger partial charge in [-0.1, -0.05) is 67.5 Å². The first-order valence-electron chi connectivity index (χ1n) is 18.1. The van der Waals surface area contributed by atoms with Crippen molar-refractivity contribution in [3.63, 3.8) is 0 Å². The van der Waals surface area contributed by atoms with E-state index in [4.69, 9.17) is 9.47 Å². The van der Waals surface area contributed by atoms with Gasteiger partial charge in [-0.15, -0.1) is 0 Å². The highest BCUT2D eigenvalue weighted by molar-refractivity contribution is 7.88. The minimum atomic E-state index is -3.54. The summed E-state index contributed by atoms with van der Waals surface area (Å²) < 4.78 is 63.8. The third kappa shape index (κ3) is 10.7. The lowest BCUT2D eigenvalue weighted by Gasteiger charge is -2.39. The van der Waals surface area contributed by atoms with Crippen LogP contribution in [0.25, 0.3) is 0 Å². The summed E-state index contributed by atoms with van der Waals surface area (Å²) in [4.78, 5) is 56.6. The number of alkyl halides is 2. The number of carbonyl (C=O) groups excluding carboxylic acids is 4. The van der Waals surface area contributed by atoms with Gasteiger partial charge in [-0.05, 0) is 46.1 Å². The molecule has 0 spiro atoms. The van der Waals surface area contributed by atoms with E-state index in [0.717, 1.165) is 16.1 Å². The number of methoxy groups -OCH3 is 2. The van der Waals surface area contributed by atoms with Crippen LogP contribution in [0, 0.1) is 28.1 Å². The number of rotatable bonds is 16. The summed E-state index contributed by atoms with van der Waals surface area (Å²) >= 11 is 0. The minimum absolute atomic E-state index is 0.0146. The second-order valence-electron chi connectivity index (χ2n) is 17.1. The highest BCUT2D eigenvalue weighted by Crippen LogP contribution is 2.65. The molecule has 3 rings (SSSR count). The molecule has 1 aromatic rings. The van der Waals surface area contributed by atoms with Crippen LogP contribution in [-0.2, 0) is 30.8 Å². The Hall–Kier alpha value is -3.73. The van der Waals surface area contributed by atoms with E-state index in [0.29, 0.717) is 17.9 Å². The lowest BCUT2D eigenvalue weighted by atomic mass is 9.85. The Morgan fingerprint density at radius 2 is 1.63 bits per heavy atom. The molecule has 1 heterocycles. The molecule has 14 nitrogen and oxygen atoms in total. The predicted molar refractivity (Wildman–Crippen MR) is 201 cm³/mol. The Kier molecular flexibility index (Phi) is 14.0. The zero-order valence-electron chi connectivity index (χ0n) is 33.6. The number of piperidine rings is 1. The average molecular weight is 787 g/mol. The normalized spacial score (nSPS) is 21.1. The van der Waals surface area contributed by atoms with Gasteiger partial charge in [0.2, 0.25) is 34.2 Å². The fourth-order valence-corrected chi connectivity index (χ4v) is 7.57. The number of hydrogen-bond acceptors (Lipinski definition) is 8. The fourth-order valence-electron chi connectivity index (χ4n) is 7.15. The maximum Gasteiger partial charge on any atom is 0.315 e. The third-order valence-electron chi connectivity index (χ3n) is 10.7. The molecule has 2 aliphatic rings. The Labute approximate surface area is 318 Å². The number of ether oxygens (including phenoxy) is 2. The smallest absolute Gasteiger partial charge is 0.315 e. The second-order valence-corrected chi connectivity index (χ2v) is 19.2. The zero-order chi connectivity index (χ0) is 41.1. The molecule has 17 heteroatoms. The summed E-state index contributed by atoms with van der Waals surface area (Å²) in [5.74, 6) is -1.46. The summed E-state index contributed by atoms with van der Waals surface area (Å²) in [6.45, 7) is 15.0. The van der Waals surface area contributed by atoms with Gasteiger partial charge in [0.15, 0.2) is 11.5 Å². The largest absolute Gasteiger partial charge is 0.493 e. The van der Waals surface area contributed by atoms with Crippen molar-refractivity contribution < 1.29 is 45.9 Å². The molecule has 2 fully saturated rings. The number of nitrogens with one attached hydrogen (secondary N) is 4. The maximum atomic E-state index is 14.4. The van der Waals surface area contributed by atoms with Crippen LogP contribution in [0.5, 0.6) is 11.5 Å². The molecule has 306 valence electrons. The number of likely N-dealkylation sites (tertiary alicyclic amines) is 1. The summed E-state index contributed by atoms with van der Waals surface area (Å²) in [6, 6.07) is 0.146. The van der Waals surface area contributed by atoms with E-state index in [9.17, 15) is 36.4 Å². The number of urea groups is 1. The van der Waals surface area contributed by atoms with Crippen molar-refractivity contribution in [3.05, 3.63) is 23.8 Å². The van der Waals surface area contributed by atoms with Gasteiger partial charge in [0, 0.05) is 39.1 Å². The van der Waals surface area contributed by atoms with E-state index in [-0.39, 0.29) is 36.9 Å². The molecule has 1 aliphatic carbocycles. The fraction of sp³-hybridized carbons (Fsp3) is 0.730. The highest BCUT2D eigenvalue weighted by atomic mass is 32.2. The van der Waals surface area contributed by atoms with Crippen molar-refractivity contribution in [3.8, 4) is 11.5 Å². The van der Waals surface area contributed by atoms with Crippen LogP contribution >= 0.6 is 0 Å². The number of sulfonamides is 1. The molecular weight excluding hydrogens is 727 g/mol. The molecule has 0 aromatic heterocycles. The topological polar surface area (TPSA) is 175 Å². The molecule has 0 radical (unpaired) electrons. The van der Waals surface area contributed by atoms with Crippen LogP contribution in [0.3, 0.4) is 0 Å². The molecule has 1 saturated carbocycles. The third-order valence-corrected chi connectivity index (χ3v) is 12.0. The first-order valence-corrected chi connectivity index (χ1v) is 19.9. The van der Waals surface area contributed by atoms with Crippen molar-refractivity contribution >= 4 is 33.8 Å². The van der Waals surface area contributed by atoms with Crippen molar-refractivity contribution in [2.45, 2.75) is 98.8 Å². The van der Waals surface area contributed by atoms with Crippen LogP contribution in [0.1, 0.15) is 67.4 Å². The lowest BCUT2D eigenvalue weighted by molar-refractivity contribution is -0.144. The Balaban J connectivity index is 1.80. The molecule has 54 heavy (non-hydrogen) atoms. The quantitative estimate of drug-likeness (QED) is 0.198. The molecule has 1 saturated heterocycles. The number of likely N-dealkylation sites (N-methyl/N-ethyl adjacent to an activating group) is 1. The van der Waals surface area contributed by atoms with Gasteiger partial charge in [-0.2, -0.15) is 0 Å². The van der Waals surface area contributed by atoms with Gasteiger partial charge in [-0.25, -0.2) is 26.3 Å². The van der Waals surface area contributed by atoms with E-state index in [2.05, 4.69) is 21.3 Å². The molecule has 0 unspecified atom stereocenters. The number of fused-ring (bicyclic) bond motifs is 1. The van der Waals surface area contributed by atoms with Crippen LogP contribution < -0.4 is 30.7 Å². The maximum absolute atomic E-state index is 14.4. The first-order chi connectivity index (χ1) is 24.7. The van der Waals surface area contributed by atoms with Crippen LogP contribution in [-0.4, -0.2) is 119 Å². The average Bonchev–Trinajstić information content (AvgIpc) is 3.35. The second kappa shape index (κ2) is 17.0. The number of para-hydroxylation sites is 1. The van der Waals surface area contributed by atoms with Crippen LogP contribution in [0.4, 0.5) is 13.6 Å². The molecule has 1 aliphatic heterocycles. The first kappa shape index (κ1) is 44.7. The van der Waals surface area contributed by atoms with Crippen molar-refractivity contribution in [2.75, 3.05) is 47.2 Å². The molecule has 6 atom stereocenters. The van der Waals surface area contributed by atoms with Gasteiger partial charge in [0.1, 0.15) is 18.1 Å². The molecule has 1 aromatic carbocycles. The Bertz CT molecular complexity index is 1650. The number of amides is 5. The van der Waals surface area contributed by atoms with Gasteiger partial charge < -0.3 is 35.6 Å². The number of halogens is 2. The highest BCUT2D eigenvalue weighted by Gasteiger charge is 2.70. The van der Waals surface area contributed by atoms with Crippen molar-refractivity contribution in [1.82, 2.24) is 30.5 Å². The van der Waals surface area contributed by atoms with Crippen molar-refractivity contribution in [1.29, 1.82) is 0 Å². The van der Waals surface area contributed by atoms with Gasteiger partial charge >= 0.3 is 6.03 Å². The van der Waals surface area contributed by atoms with E-state index >= 15 is 0 Å². The van der Waals surface area contributed by atoms with E-state index in [1.165, 1.54) is 26.2 Å². The van der Waals surface area contributed by atoms with E-state index in [1.54, 1.807) is 39.0 Å². The van der Waals surface area contributed by atoms with Gasteiger partial charge in [-0.3, -0.25) is 14.4 Å².